The number of ether oxygens (including phenoxy) is 1. The second kappa shape index (κ2) is 8.67. The van der Waals surface area contributed by atoms with Crippen molar-refractivity contribution in [3.8, 4) is 0 Å². The summed E-state index contributed by atoms with van der Waals surface area (Å²) >= 11 is 1.48. The van der Waals surface area contributed by atoms with Crippen molar-refractivity contribution in [3.63, 3.8) is 0 Å². The van der Waals surface area contributed by atoms with Crippen LogP contribution >= 0.6 is 11.3 Å². The number of hydrogen-bond donors (Lipinski definition) is 0. The van der Waals surface area contributed by atoms with Crippen LogP contribution < -0.4 is 4.90 Å². The lowest BCUT2D eigenvalue weighted by molar-refractivity contribution is -0.129. The number of pyridine rings is 1. The molecule has 1 aliphatic rings. The quantitative estimate of drug-likeness (QED) is 0.599. The summed E-state index contributed by atoms with van der Waals surface area (Å²) in [6.07, 6.45) is 1.91. The first-order chi connectivity index (χ1) is 14.2. The van der Waals surface area contributed by atoms with Gasteiger partial charge in [0.1, 0.15) is 0 Å². The largest absolute Gasteiger partial charge is 0.383 e. The Bertz CT molecular complexity index is 974. The van der Waals surface area contributed by atoms with Gasteiger partial charge in [-0.2, -0.15) is 0 Å². The monoisotopic (exact) mass is 410 g/mol. The maximum absolute atomic E-state index is 13.3. The molecule has 7 nitrogen and oxygen atoms in total. The molecule has 0 bridgehead atoms. The number of carbonyl (C=O) groups is 2. The van der Waals surface area contributed by atoms with Gasteiger partial charge >= 0.3 is 0 Å². The van der Waals surface area contributed by atoms with Gasteiger partial charge in [0, 0.05) is 26.3 Å². The number of thiazole rings is 1. The number of para-hydroxylation sites is 1. The molecule has 0 N–H and O–H groups in total. The summed E-state index contributed by atoms with van der Waals surface area (Å²) in [5.74, 6) is -0.502. The van der Waals surface area contributed by atoms with E-state index in [-0.39, 0.29) is 18.2 Å². The molecular formula is C21H22N4O3S. The van der Waals surface area contributed by atoms with Crippen molar-refractivity contribution >= 4 is 38.5 Å². The number of aromatic nitrogens is 2. The highest BCUT2D eigenvalue weighted by atomic mass is 32.1. The molecule has 150 valence electrons. The molecular weight excluding hydrogens is 388 g/mol. The molecule has 0 aliphatic carbocycles. The summed E-state index contributed by atoms with van der Waals surface area (Å²) in [4.78, 5) is 38.1. The number of amides is 2. The van der Waals surface area contributed by atoms with E-state index in [2.05, 4.69) is 9.97 Å². The molecule has 2 amide bonds. The average molecular weight is 410 g/mol. The Balaban J connectivity index is 1.52. The third-order valence-corrected chi connectivity index (χ3v) is 6.00. The van der Waals surface area contributed by atoms with E-state index in [0.717, 1.165) is 15.9 Å². The summed E-state index contributed by atoms with van der Waals surface area (Å²) in [7, 11) is 1.61. The summed E-state index contributed by atoms with van der Waals surface area (Å²) in [5, 5.41) is 0.642. The zero-order valence-electron chi connectivity index (χ0n) is 16.2. The van der Waals surface area contributed by atoms with Crippen molar-refractivity contribution < 1.29 is 14.3 Å². The lowest BCUT2D eigenvalue weighted by atomic mass is 10.1. The topological polar surface area (TPSA) is 75.6 Å². The van der Waals surface area contributed by atoms with Gasteiger partial charge < -0.3 is 9.64 Å². The number of anilines is 1. The second-order valence-corrected chi connectivity index (χ2v) is 7.95. The van der Waals surface area contributed by atoms with Crippen LogP contribution in [0.4, 0.5) is 5.13 Å². The Labute approximate surface area is 172 Å². The van der Waals surface area contributed by atoms with Gasteiger partial charge in [-0.25, -0.2) is 4.98 Å². The van der Waals surface area contributed by atoms with Gasteiger partial charge in [-0.15, -0.1) is 0 Å². The predicted molar refractivity (Wildman–Crippen MR) is 112 cm³/mol. The maximum Gasteiger partial charge on any atom is 0.234 e. The highest BCUT2D eigenvalue weighted by molar-refractivity contribution is 7.22. The summed E-state index contributed by atoms with van der Waals surface area (Å²) in [5.41, 5.74) is 1.68. The van der Waals surface area contributed by atoms with Gasteiger partial charge in [0.05, 0.1) is 41.5 Å². The third kappa shape index (κ3) is 4.28. The van der Waals surface area contributed by atoms with E-state index in [1.165, 1.54) is 11.3 Å². The van der Waals surface area contributed by atoms with Gasteiger partial charge in [0.25, 0.3) is 0 Å². The SMILES string of the molecule is COCCN(C(=O)C1CC(=O)N(Cc2ccccn2)C1)c1nc2ccccc2s1. The van der Waals surface area contributed by atoms with Crippen molar-refractivity contribution in [2.45, 2.75) is 13.0 Å². The normalized spacial score (nSPS) is 16.5. The maximum atomic E-state index is 13.3. The van der Waals surface area contributed by atoms with Crippen LogP contribution in [0.3, 0.4) is 0 Å². The fraction of sp³-hybridized carbons (Fsp3) is 0.333. The van der Waals surface area contributed by atoms with Crippen molar-refractivity contribution in [3.05, 3.63) is 54.4 Å². The molecule has 1 atom stereocenters. The molecule has 1 fully saturated rings. The Morgan fingerprint density at radius 1 is 1.28 bits per heavy atom. The fourth-order valence-electron chi connectivity index (χ4n) is 3.46. The molecule has 1 saturated heterocycles. The van der Waals surface area contributed by atoms with Crippen LogP contribution in [-0.4, -0.2) is 53.5 Å². The van der Waals surface area contributed by atoms with Crippen LogP contribution in [0.1, 0.15) is 12.1 Å². The minimum atomic E-state index is -0.393. The van der Waals surface area contributed by atoms with Crippen molar-refractivity contribution in [1.82, 2.24) is 14.9 Å². The number of hydrogen-bond acceptors (Lipinski definition) is 6. The third-order valence-electron chi connectivity index (χ3n) is 4.94. The van der Waals surface area contributed by atoms with Crippen LogP contribution in [0.5, 0.6) is 0 Å². The summed E-state index contributed by atoms with van der Waals surface area (Å²) < 4.78 is 6.22. The minimum Gasteiger partial charge on any atom is -0.383 e. The highest BCUT2D eigenvalue weighted by Crippen LogP contribution is 2.31. The highest BCUT2D eigenvalue weighted by Gasteiger charge is 2.37. The molecule has 8 heteroatoms. The first kappa shape index (κ1) is 19.5. The van der Waals surface area contributed by atoms with Crippen molar-refractivity contribution in [2.75, 3.05) is 31.7 Å². The molecule has 29 heavy (non-hydrogen) atoms. The molecule has 0 spiro atoms. The van der Waals surface area contributed by atoms with E-state index in [1.54, 1.807) is 23.1 Å². The number of methoxy groups -OCH3 is 1. The lowest BCUT2D eigenvalue weighted by Crippen LogP contribution is -2.39. The standard InChI is InChI=1S/C21H22N4O3S/c1-28-11-10-25(21-23-17-7-2-3-8-18(17)29-21)20(27)15-12-19(26)24(13-15)14-16-6-4-5-9-22-16/h2-9,15H,10-14H2,1H3. The number of nitrogens with zero attached hydrogens (tertiary/aromatic N) is 4. The number of carbonyl (C=O) groups excluding carboxylic acids is 2. The van der Waals surface area contributed by atoms with Crippen LogP contribution in [-0.2, 0) is 20.9 Å². The first-order valence-electron chi connectivity index (χ1n) is 9.49. The van der Waals surface area contributed by atoms with E-state index in [1.807, 2.05) is 42.5 Å². The average Bonchev–Trinajstić information content (AvgIpc) is 3.32. The Kier molecular flexibility index (Phi) is 5.82. The number of likely N-dealkylation sites (tertiary alicyclic amines) is 1. The molecule has 1 aromatic carbocycles. The summed E-state index contributed by atoms with van der Waals surface area (Å²) in [6.45, 7) is 1.62. The van der Waals surface area contributed by atoms with Crippen LogP contribution in [0.15, 0.2) is 48.7 Å². The van der Waals surface area contributed by atoms with E-state index in [9.17, 15) is 9.59 Å². The fourth-order valence-corrected chi connectivity index (χ4v) is 4.45. The Morgan fingerprint density at radius 3 is 2.86 bits per heavy atom. The van der Waals surface area contributed by atoms with Gasteiger partial charge in [0.2, 0.25) is 11.8 Å². The van der Waals surface area contributed by atoms with E-state index in [0.29, 0.717) is 31.4 Å². The van der Waals surface area contributed by atoms with Crippen LogP contribution in [0.25, 0.3) is 10.2 Å². The molecule has 0 saturated carbocycles. The first-order valence-corrected chi connectivity index (χ1v) is 10.3. The van der Waals surface area contributed by atoms with Crippen molar-refractivity contribution in [1.29, 1.82) is 0 Å². The number of rotatable bonds is 7. The van der Waals surface area contributed by atoms with Crippen LogP contribution in [0, 0.1) is 5.92 Å². The second-order valence-electron chi connectivity index (χ2n) is 6.94. The summed E-state index contributed by atoms with van der Waals surface area (Å²) in [6, 6.07) is 13.4. The molecule has 1 unspecified atom stereocenters. The lowest BCUT2D eigenvalue weighted by Gasteiger charge is -2.23. The van der Waals surface area contributed by atoms with E-state index in [4.69, 9.17) is 4.74 Å². The molecule has 0 radical (unpaired) electrons. The number of fused-ring (bicyclic) bond motifs is 1. The molecule has 3 aromatic rings. The smallest absolute Gasteiger partial charge is 0.234 e. The zero-order valence-corrected chi connectivity index (χ0v) is 17.0. The van der Waals surface area contributed by atoms with E-state index >= 15 is 0 Å². The minimum absolute atomic E-state index is 0.0232. The van der Waals surface area contributed by atoms with Gasteiger partial charge in [-0.3, -0.25) is 19.5 Å². The van der Waals surface area contributed by atoms with E-state index < -0.39 is 5.92 Å². The number of benzene rings is 1. The van der Waals surface area contributed by atoms with Gasteiger partial charge in [-0.1, -0.05) is 29.5 Å². The molecule has 1 aliphatic heterocycles. The molecule has 3 heterocycles. The Morgan fingerprint density at radius 2 is 2.10 bits per heavy atom. The Hall–Kier alpha value is -2.84. The molecule has 4 rings (SSSR count). The van der Waals surface area contributed by atoms with Crippen LogP contribution in [0.2, 0.25) is 0 Å². The molecule has 2 aromatic heterocycles. The van der Waals surface area contributed by atoms with Crippen molar-refractivity contribution in [2.24, 2.45) is 5.92 Å². The van der Waals surface area contributed by atoms with Gasteiger partial charge in [-0.05, 0) is 24.3 Å². The van der Waals surface area contributed by atoms with Gasteiger partial charge in [0.15, 0.2) is 5.13 Å². The zero-order chi connectivity index (χ0) is 20.2. The predicted octanol–water partition coefficient (Wildman–Crippen LogP) is 2.72.